The Morgan fingerprint density at radius 3 is 2.62 bits per heavy atom. The Hall–Kier alpha value is -0.820. The maximum atomic E-state index is 4.05. The highest BCUT2D eigenvalue weighted by atomic mass is 15.0. The summed E-state index contributed by atoms with van der Waals surface area (Å²) in [5.74, 6) is 2.10. The first kappa shape index (κ1) is 13.8. The highest BCUT2D eigenvalue weighted by Gasteiger charge is 2.33. The number of rotatable bonds is 2. The van der Waals surface area contributed by atoms with Crippen LogP contribution >= 0.6 is 0 Å². The molecule has 1 N–H and O–H groups in total. The molecule has 4 atom stereocenters. The summed E-state index contributed by atoms with van der Waals surface area (Å²) in [7, 11) is 0. The lowest BCUT2D eigenvalue weighted by molar-refractivity contribution is 0.137. The second-order valence-corrected chi connectivity index (χ2v) is 7.62. The lowest BCUT2D eigenvalue weighted by Gasteiger charge is -2.41. The minimum Gasteiger partial charge on any atom is -0.307 e. The van der Waals surface area contributed by atoms with Crippen molar-refractivity contribution >= 4 is 0 Å². The molecule has 3 aliphatic carbocycles. The molecule has 2 fully saturated rings. The van der Waals surface area contributed by atoms with E-state index in [1.165, 1.54) is 64.2 Å². The van der Waals surface area contributed by atoms with Crippen molar-refractivity contribution < 1.29 is 0 Å². The molecule has 0 heterocycles. The third-order valence-electron chi connectivity index (χ3n) is 6.35. The lowest BCUT2D eigenvalue weighted by atomic mass is 9.69. The first-order chi connectivity index (χ1) is 10.4. The van der Waals surface area contributed by atoms with Gasteiger partial charge in [-0.15, -0.1) is 0 Å². The van der Waals surface area contributed by atoms with Crippen LogP contribution in [0.25, 0.3) is 0 Å². The zero-order valence-corrected chi connectivity index (χ0v) is 13.2. The zero-order valence-electron chi connectivity index (χ0n) is 13.2. The van der Waals surface area contributed by atoms with Gasteiger partial charge in [0.2, 0.25) is 0 Å². The van der Waals surface area contributed by atoms with Crippen molar-refractivity contribution in [2.75, 3.05) is 0 Å². The number of aryl methyl sites for hydroxylation is 1. The molecule has 0 aliphatic heterocycles. The van der Waals surface area contributed by atoms with Crippen LogP contribution in [-0.4, -0.2) is 6.04 Å². The summed E-state index contributed by atoms with van der Waals surface area (Å²) in [4.78, 5) is 0. The lowest BCUT2D eigenvalue weighted by Crippen LogP contribution is -2.41. The second kappa shape index (κ2) is 6.12. The van der Waals surface area contributed by atoms with E-state index in [1.807, 2.05) is 0 Å². The van der Waals surface area contributed by atoms with Crippen molar-refractivity contribution in [3.05, 3.63) is 35.4 Å². The van der Waals surface area contributed by atoms with Crippen molar-refractivity contribution in [1.29, 1.82) is 0 Å². The van der Waals surface area contributed by atoms with Gasteiger partial charge < -0.3 is 5.32 Å². The third-order valence-corrected chi connectivity index (χ3v) is 6.35. The van der Waals surface area contributed by atoms with Gasteiger partial charge in [0, 0.05) is 12.1 Å². The maximum Gasteiger partial charge on any atom is 0.0325 e. The summed E-state index contributed by atoms with van der Waals surface area (Å²) in [6.45, 7) is 0. The van der Waals surface area contributed by atoms with Gasteiger partial charge in [-0.25, -0.2) is 0 Å². The summed E-state index contributed by atoms with van der Waals surface area (Å²) < 4.78 is 0. The molecule has 0 spiro atoms. The molecule has 1 aromatic rings. The molecule has 2 saturated carbocycles. The molecule has 1 heteroatoms. The van der Waals surface area contributed by atoms with Crippen LogP contribution in [0.2, 0.25) is 0 Å². The van der Waals surface area contributed by atoms with Crippen molar-refractivity contribution in [1.82, 2.24) is 5.32 Å². The number of hydrogen-bond acceptors (Lipinski definition) is 1. The van der Waals surface area contributed by atoms with Crippen LogP contribution in [0.4, 0.5) is 0 Å². The fourth-order valence-corrected chi connectivity index (χ4v) is 5.24. The summed E-state index contributed by atoms with van der Waals surface area (Å²) in [5, 5.41) is 4.05. The van der Waals surface area contributed by atoms with Crippen molar-refractivity contribution in [2.45, 2.75) is 76.3 Å². The summed E-state index contributed by atoms with van der Waals surface area (Å²) in [5.41, 5.74) is 3.18. The third kappa shape index (κ3) is 2.90. The molecule has 3 aliphatic rings. The van der Waals surface area contributed by atoms with Crippen LogP contribution in [-0.2, 0) is 6.42 Å². The summed E-state index contributed by atoms with van der Waals surface area (Å²) in [6, 6.07) is 10.5. The SMILES string of the molecule is c1ccc2c(c1)CCCC2NC1CCC2CCCCC2C1. The van der Waals surface area contributed by atoms with Crippen LogP contribution in [0.15, 0.2) is 24.3 Å². The van der Waals surface area contributed by atoms with Gasteiger partial charge in [0.25, 0.3) is 0 Å². The average Bonchev–Trinajstić information content (AvgIpc) is 2.55. The quantitative estimate of drug-likeness (QED) is 0.804. The molecule has 0 aromatic heterocycles. The van der Waals surface area contributed by atoms with E-state index >= 15 is 0 Å². The van der Waals surface area contributed by atoms with E-state index in [2.05, 4.69) is 29.6 Å². The van der Waals surface area contributed by atoms with E-state index in [-0.39, 0.29) is 0 Å². The molecular weight excluding hydrogens is 254 g/mol. The molecule has 0 saturated heterocycles. The van der Waals surface area contributed by atoms with Gasteiger partial charge in [-0.2, -0.15) is 0 Å². The fraction of sp³-hybridized carbons (Fsp3) is 0.700. The Bertz CT molecular complexity index is 480. The van der Waals surface area contributed by atoms with Gasteiger partial charge in [0.1, 0.15) is 0 Å². The van der Waals surface area contributed by atoms with Gasteiger partial charge in [0.15, 0.2) is 0 Å². The number of benzene rings is 1. The van der Waals surface area contributed by atoms with E-state index in [4.69, 9.17) is 0 Å². The Morgan fingerprint density at radius 2 is 1.67 bits per heavy atom. The standard InChI is InChI=1S/C20H29N/c1-2-8-17-14-18(13-12-15(17)6-1)21-20-11-5-9-16-7-3-4-10-19(16)20/h3-4,7,10,15,17-18,20-21H,1-2,5-6,8-9,11-14H2. The number of fused-ring (bicyclic) bond motifs is 2. The Labute approximate surface area is 129 Å². The van der Waals surface area contributed by atoms with Crippen LogP contribution in [0.5, 0.6) is 0 Å². The van der Waals surface area contributed by atoms with Crippen molar-refractivity contribution in [3.63, 3.8) is 0 Å². The Kier molecular flexibility index (Phi) is 4.03. The largest absolute Gasteiger partial charge is 0.307 e. The minimum atomic E-state index is 0.625. The molecular formula is C20H29N. The smallest absolute Gasteiger partial charge is 0.0325 e. The average molecular weight is 283 g/mol. The van der Waals surface area contributed by atoms with Gasteiger partial charge in [-0.3, -0.25) is 0 Å². The van der Waals surface area contributed by atoms with E-state index in [1.54, 1.807) is 11.1 Å². The first-order valence-corrected chi connectivity index (χ1v) is 9.24. The van der Waals surface area contributed by atoms with Crippen LogP contribution < -0.4 is 5.32 Å². The monoisotopic (exact) mass is 283 g/mol. The second-order valence-electron chi connectivity index (χ2n) is 7.62. The number of hydrogen-bond donors (Lipinski definition) is 1. The van der Waals surface area contributed by atoms with Crippen LogP contribution in [0.1, 0.15) is 75.0 Å². The zero-order chi connectivity index (χ0) is 14.1. The van der Waals surface area contributed by atoms with Gasteiger partial charge in [-0.1, -0.05) is 49.9 Å². The normalized spacial score (nSPS) is 35.8. The first-order valence-electron chi connectivity index (χ1n) is 9.24. The Morgan fingerprint density at radius 1 is 0.810 bits per heavy atom. The fourth-order valence-electron chi connectivity index (χ4n) is 5.24. The van der Waals surface area contributed by atoms with Crippen LogP contribution in [0.3, 0.4) is 0 Å². The van der Waals surface area contributed by atoms with Gasteiger partial charge in [0.05, 0.1) is 0 Å². The molecule has 1 nitrogen and oxygen atoms in total. The maximum absolute atomic E-state index is 4.05. The summed E-state index contributed by atoms with van der Waals surface area (Å²) in [6.07, 6.45) is 14.3. The van der Waals surface area contributed by atoms with E-state index in [9.17, 15) is 0 Å². The minimum absolute atomic E-state index is 0.625. The molecule has 4 unspecified atom stereocenters. The predicted molar refractivity (Wildman–Crippen MR) is 88.3 cm³/mol. The number of nitrogens with one attached hydrogen (secondary N) is 1. The van der Waals surface area contributed by atoms with Crippen molar-refractivity contribution in [2.24, 2.45) is 11.8 Å². The van der Waals surface area contributed by atoms with E-state index < -0.39 is 0 Å². The van der Waals surface area contributed by atoms with Crippen LogP contribution in [0, 0.1) is 11.8 Å². The Balaban J connectivity index is 1.43. The highest BCUT2D eigenvalue weighted by Crippen LogP contribution is 2.41. The predicted octanol–water partition coefficient (Wildman–Crippen LogP) is 5.01. The molecule has 4 rings (SSSR count). The van der Waals surface area contributed by atoms with E-state index in [0.717, 1.165) is 17.9 Å². The molecule has 114 valence electrons. The molecule has 0 bridgehead atoms. The van der Waals surface area contributed by atoms with Gasteiger partial charge in [-0.05, 0) is 61.5 Å². The van der Waals surface area contributed by atoms with Gasteiger partial charge >= 0.3 is 0 Å². The highest BCUT2D eigenvalue weighted by molar-refractivity contribution is 5.32. The van der Waals surface area contributed by atoms with E-state index in [0.29, 0.717) is 6.04 Å². The molecule has 0 radical (unpaired) electrons. The molecule has 21 heavy (non-hydrogen) atoms. The summed E-state index contributed by atoms with van der Waals surface area (Å²) >= 11 is 0. The topological polar surface area (TPSA) is 12.0 Å². The molecule has 1 aromatic carbocycles. The van der Waals surface area contributed by atoms with Crippen molar-refractivity contribution in [3.8, 4) is 0 Å². The molecule has 0 amide bonds.